The molecule has 0 saturated heterocycles. The first kappa shape index (κ1) is 41.8. The average molecular weight is 758 g/mol. The Balaban J connectivity index is 0.000000346. The summed E-state index contributed by atoms with van der Waals surface area (Å²) in [6, 6.07) is 37.0. The van der Waals surface area contributed by atoms with Crippen LogP contribution in [0.1, 0.15) is 140 Å². The van der Waals surface area contributed by atoms with Crippen molar-refractivity contribution in [3.63, 3.8) is 0 Å². The number of hydrogen-bond acceptors (Lipinski definition) is 2. The maximum atomic E-state index is 11.9. The molecule has 1 heterocycles. The van der Waals surface area contributed by atoms with E-state index in [0.717, 1.165) is 87.6 Å². The van der Waals surface area contributed by atoms with Gasteiger partial charge in [-0.05, 0) is 86.8 Å². The molecule has 0 atom stereocenters. The molecule has 0 aromatic heterocycles. The van der Waals surface area contributed by atoms with Gasteiger partial charge in [-0.15, -0.1) is 0 Å². The van der Waals surface area contributed by atoms with Crippen molar-refractivity contribution in [2.45, 2.75) is 130 Å². The molecule has 0 bridgehead atoms. The zero-order valence-corrected chi connectivity index (χ0v) is 33.7. The maximum absolute atomic E-state index is 11.9. The summed E-state index contributed by atoms with van der Waals surface area (Å²) in [5, 5.41) is 0. The minimum atomic E-state index is 0.777. The molecular formula is C48H62N2NiO2. The normalized spacial score (nSPS) is 12.6. The number of allylic oxidation sites excluding steroid dienone is 2. The Morgan fingerprint density at radius 1 is 0.453 bits per heavy atom. The van der Waals surface area contributed by atoms with E-state index in [1.54, 1.807) is 4.70 Å². The zero-order chi connectivity index (χ0) is 37.5. The summed E-state index contributed by atoms with van der Waals surface area (Å²) in [7, 11) is 0. The number of nitrogens with zero attached hydrogens (tertiary/aromatic N) is 2. The van der Waals surface area contributed by atoms with E-state index in [9.17, 15) is 5.53 Å². The molecule has 53 heavy (non-hydrogen) atoms. The zero-order valence-electron chi connectivity index (χ0n) is 32.7. The molecule has 0 amide bonds. The molecule has 5 heteroatoms. The second-order valence-corrected chi connectivity index (χ2v) is 14.6. The van der Waals surface area contributed by atoms with Gasteiger partial charge in [-0.25, -0.2) is 4.70 Å². The molecule has 1 aliphatic rings. The third kappa shape index (κ3) is 13.8. The van der Waals surface area contributed by atoms with Gasteiger partial charge in [-0.1, -0.05) is 103 Å². The summed E-state index contributed by atoms with van der Waals surface area (Å²) in [4.78, 5) is 0. The van der Waals surface area contributed by atoms with Crippen LogP contribution in [-0.2, 0) is 27.9 Å². The second kappa shape index (κ2) is 24.4. The van der Waals surface area contributed by atoms with E-state index in [1.165, 1.54) is 86.5 Å². The molecule has 4 aromatic rings. The standard InChI is InChI=1S/C36H52N2.2C6H6O.Ni/c1-5-9-13-14-15-16-26-34-33(25-12-8-4)35(31-23-17-21-29(27-31)19-10-6-2)38(37)36(34)32-24-18-22-30(28-32)20-11-7-3;2*7-6-4-2-1-3-5-6;/h17-18,21-24,27-28H,5-16,19-20,25-26H2,1-4H3;2*1-5,7H;/q;;;+2/p-2. The molecule has 0 N–H and O–H groups in total. The Labute approximate surface area is 327 Å². The number of hydrogen-bond donors (Lipinski definition) is 0. The molecule has 0 radical (unpaired) electrons. The predicted molar refractivity (Wildman–Crippen MR) is 219 cm³/mol. The second-order valence-electron chi connectivity index (χ2n) is 14.0. The Bertz CT molecular complexity index is 1670. The van der Waals surface area contributed by atoms with Crippen molar-refractivity contribution in [2.75, 3.05) is 0 Å². The quantitative estimate of drug-likeness (QED) is 0.0455. The van der Waals surface area contributed by atoms with Gasteiger partial charge >= 0.3 is 95.0 Å². The van der Waals surface area contributed by atoms with Gasteiger partial charge in [0.25, 0.3) is 0 Å². The first-order chi connectivity index (χ1) is 26.1. The summed E-state index contributed by atoms with van der Waals surface area (Å²) in [5.74, 6) is 1.57. The fourth-order valence-corrected chi connectivity index (χ4v) is 7.23. The number of unbranched alkanes of at least 4 members (excludes halogenated alkanes) is 8. The van der Waals surface area contributed by atoms with E-state index in [-0.39, 0.29) is 0 Å². The molecule has 1 aliphatic heterocycles. The van der Waals surface area contributed by atoms with Crippen LogP contribution in [0.4, 0.5) is 0 Å². The van der Waals surface area contributed by atoms with Crippen molar-refractivity contribution in [3.8, 4) is 11.5 Å². The van der Waals surface area contributed by atoms with Crippen molar-refractivity contribution in [3.05, 3.63) is 148 Å². The molecule has 0 spiro atoms. The van der Waals surface area contributed by atoms with Crippen molar-refractivity contribution in [2.24, 2.45) is 0 Å². The van der Waals surface area contributed by atoms with Gasteiger partial charge in [-0.3, -0.25) is 0 Å². The van der Waals surface area contributed by atoms with Crippen LogP contribution in [0.2, 0.25) is 0 Å². The Morgan fingerprint density at radius 3 is 1.34 bits per heavy atom. The van der Waals surface area contributed by atoms with Gasteiger partial charge < -0.3 is 5.53 Å². The number of benzene rings is 4. The van der Waals surface area contributed by atoms with Gasteiger partial charge in [-0.2, -0.15) is 0 Å². The molecule has 4 nitrogen and oxygen atoms in total. The number of rotatable bonds is 22. The third-order valence-electron chi connectivity index (χ3n) is 9.65. The summed E-state index contributed by atoms with van der Waals surface area (Å²) in [6.07, 6.45) is 19.1. The topological polar surface area (TPSA) is 43.8 Å². The summed E-state index contributed by atoms with van der Waals surface area (Å²) in [6.45, 7) is 9.05. The number of aryl methyl sites for hydroxylation is 2. The van der Waals surface area contributed by atoms with Gasteiger partial charge in [0.05, 0.1) is 0 Å². The van der Waals surface area contributed by atoms with E-state index in [2.05, 4.69) is 76.2 Å². The molecule has 0 unspecified atom stereocenters. The van der Waals surface area contributed by atoms with Crippen LogP contribution in [0.15, 0.2) is 120 Å². The van der Waals surface area contributed by atoms with E-state index in [4.69, 9.17) is 7.76 Å². The predicted octanol–water partition coefficient (Wildman–Crippen LogP) is 14.5. The van der Waals surface area contributed by atoms with E-state index in [0.29, 0.717) is 0 Å². The average Bonchev–Trinajstić information content (AvgIpc) is 3.48. The van der Waals surface area contributed by atoms with Crippen molar-refractivity contribution < 1.29 is 27.5 Å². The van der Waals surface area contributed by atoms with Gasteiger partial charge in [0, 0.05) is 22.3 Å². The summed E-state index contributed by atoms with van der Waals surface area (Å²) in [5.41, 5.74) is 21.8. The van der Waals surface area contributed by atoms with Crippen LogP contribution in [-0.4, -0.2) is 4.70 Å². The first-order valence-corrected chi connectivity index (χ1v) is 21.1. The van der Waals surface area contributed by atoms with Crippen LogP contribution in [0.25, 0.3) is 16.9 Å². The van der Waals surface area contributed by atoms with Gasteiger partial charge in [0.2, 0.25) is 11.4 Å². The fourth-order valence-electron chi connectivity index (χ4n) is 6.73. The monoisotopic (exact) mass is 756 g/mol. The van der Waals surface area contributed by atoms with Crippen molar-refractivity contribution >= 4 is 11.4 Å². The van der Waals surface area contributed by atoms with Crippen LogP contribution >= 0.6 is 0 Å². The first-order valence-electron chi connectivity index (χ1n) is 20.3. The molecular weight excluding hydrogens is 695 g/mol. The van der Waals surface area contributed by atoms with Crippen molar-refractivity contribution in [1.82, 2.24) is 0 Å². The molecule has 286 valence electrons. The van der Waals surface area contributed by atoms with Crippen LogP contribution < -0.4 is 7.76 Å². The molecule has 0 saturated carbocycles. The van der Waals surface area contributed by atoms with Gasteiger partial charge in [0.1, 0.15) is 0 Å². The van der Waals surface area contributed by atoms with E-state index in [1.807, 2.05) is 60.7 Å². The van der Waals surface area contributed by atoms with Gasteiger partial charge in [0.15, 0.2) is 0 Å². The molecule has 0 aliphatic carbocycles. The van der Waals surface area contributed by atoms with Crippen LogP contribution in [0.5, 0.6) is 11.5 Å². The summed E-state index contributed by atoms with van der Waals surface area (Å²) < 4.78 is 12.2. The fraction of sp³-hybridized carbons (Fsp3) is 0.417. The van der Waals surface area contributed by atoms with Crippen LogP contribution in [0.3, 0.4) is 0 Å². The van der Waals surface area contributed by atoms with Crippen molar-refractivity contribution in [1.29, 1.82) is 0 Å². The Morgan fingerprint density at radius 2 is 0.868 bits per heavy atom. The molecule has 5 rings (SSSR count). The van der Waals surface area contributed by atoms with E-state index < -0.39 is 0 Å². The van der Waals surface area contributed by atoms with Crippen LogP contribution in [0, 0.1) is 0 Å². The number of para-hydroxylation sites is 2. The minimum absolute atomic E-state index is 0.777. The summed E-state index contributed by atoms with van der Waals surface area (Å²) >= 11 is 0.777. The third-order valence-corrected chi connectivity index (χ3v) is 10.3. The Hall–Kier alpha value is -3.95. The molecule has 0 fully saturated rings. The van der Waals surface area contributed by atoms with E-state index >= 15 is 0 Å². The molecule has 4 aromatic carbocycles. The Kier molecular flexibility index (Phi) is 19.2. The SMILES string of the molecule is CCCCCCCCC1=C(c2cccc(CCCC)c2)[N+](=[N-])C(c2cccc(CCCC)c2)=C1CCCC.c1ccc([O][Ni][O]c2ccccc2)cc1.